The van der Waals surface area contributed by atoms with E-state index in [0.29, 0.717) is 0 Å². The first-order valence-corrected chi connectivity index (χ1v) is 7.85. The van der Waals surface area contributed by atoms with Crippen molar-refractivity contribution in [2.75, 3.05) is 0 Å². The SMILES string of the molecule is Fc1ccccc1P(c1ccccc1)c1ccccc1. The van der Waals surface area contributed by atoms with Crippen molar-refractivity contribution in [3.8, 4) is 0 Å². The molecule has 2 heteroatoms. The lowest BCUT2D eigenvalue weighted by molar-refractivity contribution is 0.636. The Morgan fingerprint density at radius 1 is 0.550 bits per heavy atom. The van der Waals surface area contributed by atoms with Crippen molar-refractivity contribution in [2.24, 2.45) is 0 Å². The highest BCUT2D eigenvalue weighted by atomic mass is 31.1. The molecular weight excluding hydrogens is 266 g/mol. The Morgan fingerprint density at radius 2 is 1.00 bits per heavy atom. The highest BCUT2D eigenvalue weighted by Gasteiger charge is 2.18. The first-order chi connectivity index (χ1) is 9.86. The van der Waals surface area contributed by atoms with Crippen LogP contribution in [0.5, 0.6) is 0 Å². The molecule has 0 aromatic heterocycles. The number of halogens is 1. The van der Waals surface area contributed by atoms with Crippen LogP contribution in [0.1, 0.15) is 0 Å². The maximum atomic E-state index is 14.2. The molecule has 0 aliphatic rings. The van der Waals surface area contributed by atoms with Gasteiger partial charge >= 0.3 is 0 Å². The second-order valence-corrected chi connectivity index (χ2v) is 6.64. The van der Waals surface area contributed by atoms with Crippen LogP contribution in [0.15, 0.2) is 84.9 Å². The number of benzene rings is 3. The van der Waals surface area contributed by atoms with Crippen molar-refractivity contribution in [1.82, 2.24) is 0 Å². The molecule has 0 aliphatic heterocycles. The molecule has 20 heavy (non-hydrogen) atoms. The molecule has 0 saturated heterocycles. The lowest BCUT2D eigenvalue weighted by Gasteiger charge is -2.19. The highest BCUT2D eigenvalue weighted by Crippen LogP contribution is 2.33. The zero-order valence-electron chi connectivity index (χ0n) is 10.9. The van der Waals surface area contributed by atoms with E-state index in [-0.39, 0.29) is 5.82 Å². The Morgan fingerprint density at radius 3 is 1.50 bits per heavy atom. The second-order valence-electron chi connectivity index (χ2n) is 4.46. The van der Waals surface area contributed by atoms with E-state index in [9.17, 15) is 4.39 Å². The van der Waals surface area contributed by atoms with E-state index in [1.54, 1.807) is 6.07 Å². The number of rotatable bonds is 3. The van der Waals surface area contributed by atoms with Gasteiger partial charge in [-0.05, 0) is 24.6 Å². The third kappa shape index (κ3) is 2.64. The van der Waals surface area contributed by atoms with Crippen LogP contribution in [0.2, 0.25) is 0 Å². The van der Waals surface area contributed by atoms with Gasteiger partial charge in [0.1, 0.15) is 5.82 Å². The summed E-state index contributed by atoms with van der Waals surface area (Å²) in [7, 11) is -0.842. The van der Waals surface area contributed by atoms with Gasteiger partial charge in [-0.15, -0.1) is 0 Å². The molecule has 0 bridgehead atoms. The molecule has 0 aliphatic carbocycles. The van der Waals surface area contributed by atoms with Crippen molar-refractivity contribution in [3.63, 3.8) is 0 Å². The topological polar surface area (TPSA) is 0 Å². The van der Waals surface area contributed by atoms with E-state index < -0.39 is 7.92 Å². The van der Waals surface area contributed by atoms with Gasteiger partial charge in [0.25, 0.3) is 0 Å². The summed E-state index contributed by atoms with van der Waals surface area (Å²) in [6, 6.07) is 27.4. The van der Waals surface area contributed by atoms with Gasteiger partial charge in [-0.3, -0.25) is 0 Å². The van der Waals surface area contributed by atoms with Crippen molar-refractivity contribution < 1.29 is 4.39 Å². The van der Waals surface area contributed by atoms with Gasteiger partial charge < -0.3 is 0 Å². The predicted molar refractivity (Wildman–Crippen MR) is 85.1 cm³/mol. The maximum absolute atomic E-state index is 14.2. The molecule has 3 aromatic carbocycles. The van der Waals surface area contributed by atoms with Crippen molar-refractivity contribution >= 4 is 23.8 Å². The molecular formula is C18H14FP. The van der Waals surface area contributed by atoms with Gasteiger partial charge in [0, 0.05) is 5.30 Å². The molecule has 0 amide bonds. The smallest absolute Gasteiger partial charge is 0.131 e. The average molecular weight is 280 g/mol. The third-order valence-electron chi connectivity index (χ3n) is 3.12. The molecule has 0 spiro atoms. The standard InChI is InChI=1S/C18H14FP/c19-17-13-7-8-14-18(17)20(15-9-3-1-4-10-15)16-11-5-2-6-12-16/h1-14H. The van der Waals surface area contributed by atoms with Crippen molar-refractivity contribution in [3.05, 3.63) is 90.7 Å². The summed E-state index contributed by atoms with van der Waals surface area (Å²) < 4.78 is 14.2. The van der Waals surface area contributed by atoms with E-state index in [2.05, 4.69) is 24.3 Å². The summed E-state index contributed by atoms with van der Waals surface area (Å²) in [5, 5.41) is 3.11. The lowest BCUT2D eigenvalue weighted by Crippen LogP contribution is -2.22. The summed E-state index contributed by atoms with van der Waals surface area (Å²) in [6.07, 6.45) is 0. The van der Waals surface area contributed by atoms with Crippen LogP contribution in [0.4, 0.5) is 4.39 Å². The quantitative estimate of drug-likeness (QED) is 0.643. The van der Waals surface area contributed by atoms with E-state index in [4.69, 9.17) is 0 Å². The molecule has 0 saturated carbocycles. The van der Waals surface area contributed by atoms with Gasteiger partial charge in [0.05, 0.1) is 0 Å². The largest absolute Gasteiger partial charge is 0.206 e. The summed E-state index contributed by atoms with van der Waals surface area (Å²) >= 11 is 0. The van der Waals surface area contributed by atoms with Gasteiger partial charge in [-0.2, -0.15) is 0 Å². The Bertz CT molecular complexity index is 641. The van der Waals surface area contributed by atoms with E-state index in [0.717, 1.165) is 5.30 Å². The molecule has 0 radical (unpaired) electrons. The minimum absolute atomic E-state index is 0.133. The van der Waals surface area contributed by atoms with Crippen LogP contribution < -0.4 is 15.9 Å². The van der Waals surface area contributed by atoms with Crippen LogP contribution >= 0.6 is 7.92 Å². The fourth-order valence-electron chi connectivity index (χ4n) is 2.21. The summed E-state index contributed by atoms with van der Waals surface area (Å²) in [5.74, 6) is -0.133. The third-order valence-corrected chi connectivity index (χ3v) is 5.60. The summed E-state index contributed by atoms with van der Waals surface area (Å²) in [4.78, 5) is 0. The number of hydrogen-bond acceptors (Lipinski definition) is 0. The molecule has 0 fully saturated rings. The first-order valence-electron chi connectivity index (χ1n) is 6.51. The van der Waals surface area contributed by atoms with E-state index in [1.165, 1.54) is 16.7 Å². The van der Waals surface area contributed by atoms with Gasteiger partial charge in [0.15, 0.2) is 0 Å². The Hall–Kier alpha value is -1.98. The molecule has 0 heterocycles. The lowest BCUT2D eigenvalue weighted by atomic mass is 10.3. The minimum Gasteiger partial charge on any atom is -0.206 e. The van der Waals surface area contributed by atoms with Gasteiger partial charge in [0.2, 0.25) is 0 Å². The fraction of sp³-hybridized carbons (Fsp3) is 0. The van der Waals surface area contributed by atoms with Crippen LogP contribution in [0, 0.1) is 5.82 Å². The Balaban J connectivity index is 2.17. The van der Waals surface area contributed by atoms with E-state index >= 15 is 0 Å². The molecule has 3 rings (SSSR count). The zero-order chi connectivity index (χ0) is 13.8. The van der Waals surface area contributed by atoms with Crippen LogP contribution in [-0.2, 0) is 0 Å². The molecule has 98 valence electrons. The fourth-order valence-corrected chi connectivity index (χ4v) is 4.53. The monoisotopic (exact) mass is 280 g/mol. The van der Waals surface area contributed by atoms with Crippen LogP contribution in [0.25, 0.3) is 0 Å². The highest BCUT2D eigenvalue weighted by molar-refractivity contribution is 7.79. The van der Waals surface area contributed by atoms with Crippen LogP contribution in [0.3, 0.4) is 0 Å². The van der Waals surface area contributed by atoms with Crippen molar-refractivity contribution in [2.45, 2.75) is 0 Å². The summed E-state index contributed by atoms with van der Waals surface area (Å²) in [6.45, 7) is 0. The number of hydrogen-bond donors (Lipinski definition) is 0. The van der Waals surface area contributed by atoms with Gasteiger partial charge in [-0.1, -0.05) is 78.9 Å². The summed E-state index contributed by atoms with van der Waals surface area (Å²) in [5.41, 5.74) is 0. The Kier molecular flexibility index (Phi) is 3.90. The zero-order valence-corrected chi connectivity index (χ0v) is 11.8. The second kappa shape index (κ2) is 5.98. The van der Waals surface area contributed by atoms with Crippen LogP contribution in [-0.4, -0.2) is 0 Å². The minimum atomic E-state index is -0.842. The normalized spacial score (nSPS) is 10.7. The van der Waals surface area contributed by atoms with Gasteiger partial charge in [-0.25, -0.2) is 4.39 Å². The van der Waals surface area contributed by atoms with E-state index in [1.807, 2.05) is 48.5 Å². The molecule has 0 N–H and O–H groups in total. The average Bonchev–Trinajstić information content (AvgIpc) is 2.52. The molecule has 0 unspecified atom stereocenters. The first kappa shape index (κ1) is 13.0. The maximum Gasteiger partial charge on any atom is 0.131 e. The Labute approximate surface area is 119 Å². The molecule has 0 nitrogen and oxygen atoms in total. The molecule has 3 aromatic rings. The molecule has 0 atom stereocenters. The van der Waals surface area contributed by atoms with Crippen molar-refractivity contribution in [1.29, 1.82) is 0 Å². The predicted octanol–water partition coefficient (Wildman–Crippen LogP) is 3.58.